The Hall–Kier alpha value is -2.04. The highest BCUT2D eigenvalue weighted by atomic mass is 16.6. The fraction of sp³-hybridized carbons (Fsp3) is 0.467. The molecule has 0 radical (unpaired) electrons. The smallest absolute Gasteiger partial charge is 0.407 e. The second-order valence-electron chi connectivity index (χ2n) is 5.32. The molecule has 0 bridgehead atoms. The summed E-state index contributed by atoms with van der Waals surface area (Å²) in [5.41, 5.74) is 0.388. The van der Waals surface area contributed by atoms with Gasteiger partial charge in [-0.25, -0.2) is 4.79 Å². The molecule has 5 nitrogen and oxygen atoms in total. The van der Waals surface area contributed by atoms with E-state index in [1.54, 1.807) is 20.8 Å². The largest absolute Gasteiger partial charge is 0.461 e. The fourth-order valence-corrected chi connectivity index (χ4v) is 1.39. The maximum atomic E-state index is 11.5. The standard InChI is InChI=1S/C15H21NO4/c1-15(2,3)20-14(18)16-10-9-13(17)19-11-12-7-5-4-6-8-12/h4-8H,9-11H2,1-3H3,(H,16,18). The third-order valence-electron chi connectivity index (χ3n) is 2.24. The van der Waals surface area contributed by atoms with E-state index in [0.717, 1.165) is 5.56 Å². The van der Waals surface area contributed by atoms with Crippen molar-refractivity contribution in [2.24, 2.45) is 0 Å². The van der Waals surface area contributed by atoms with Crippen LogP contribution >= 0.6 is 0 Å². The van der Waals surface area contributed by atoms with E-state index >= 15 is 0 Å². The van der Waals surface area contributed by atoms with Crippen molar-refractivity contribution in [3.63, 3.8) is 0 Å². The molecule has 1 N–H and O–H groups in total. The average molecular weight is 279 g/mol. The molecule has 0 atom stereocenters. The van der Waals surface area contributed by atoms with E-state index in [-0.39, 0.29) is 25.5 Å². The van der Waals surface area contributed by atoms with Crippen LogP contribution in [0.5, 0.6) is 0 Å². The van der Waals surface area contributed by atoms with Gasteiger partial charge in [-0.3, -0.25) is 4.79 Å². The molecule has 0 saturated heterocycles. The molecule has 1 amide bonds. The molecule has 0 aliphatic heterocycles. The molecule has 0 unspecified atom stereocenters. The molecule has 0 saturated carbocycles. The van der Waals surface area contributed by atoms with Crippen molar-refractivity contribution in [2.75, 3.05) is 6.54 Å². The Labute approximate surface area is 119 Å². The van der Waals surface area contributed by atoms with E-state index in [9.17, 15) is 9.59 Å². The van der Waals surface area contributed by atoms with E-state index in [1.807, 2.05) is 30.3 Å². The summed E-state index contributed by atoms with van der Waals surface area (Å²) in [6.07, 6.45) is -0.417. The summed E-state index contributed by atoms with van der Waals surface area (Å²) < 4.78 is 10.1. The van der Waals surface area contributed by atoms with Crippen molar-refractivity contribution in [3.8, 4) is 0 Å². The maximum Gasteiger partial charge on any atom is 0.407 e. The number of carbonyl (C=O) groups is 2. The van der Waals surface area contributed by atoms with Crippen LogP contribution in [-0.2, 0) is 20.9 Å². The molecule has 1 aromatic carbocycles. The Morgan fingerprint density at radius 1 is 1.15 bits per heavy atom. The van der Waals surface area contributed by atoms with Crippen molar-refractivity contribution in [3.05, 3.63) is 35.9 Å². The van der Waals surface area contributed by atoms with Gasteiger partial charge in [-0.2, -0.15) is 0 Å². The molecule has 0 heterocycles. The molecular formula is C15H21NO4. The number of alkyl carbamates (subject to hydrolysis) is 1. The van der Waals surface area contributed by atoms with Crippen LogP contribution in [0.25, 0.3) is 0 Å². The minimum Gasteiger partial charge on any atom is -0.461 e. The lowest BCUT2D eigenvalue weighted by atomic mass is 10.2. The first-order chi connectivity index (χ1) is 9.37. The molecule has 0 aliphatic carbocycles. The molecule has 0 aliphatic rings. The number of rotatable bonds is 5. The number of nitrogens with one attached hydrogen (secondary N) is 1. The molecular weight excluding hydrogens is 258 g/mol. The lowest BCUT2D eigenvalue weighted by Gasteiger charge is -2.19. The zero-order chi connectivity index (χ0) is 15.0. The summed E-state index contributed by atoms with van der Waals surface area (Å²) in [6, 6.07) is 9.43. The Morgan fingerprint density at radius 2 is 1.80 bits per heavy atom. The van der Waals surface area contributed by atoms with E-state index < -0.39 is 11.7 Å². The Bertz CT molecular complexity index is 437. The SMILES string of the molecule is CC(C)(C)OC(=O)NCCC(=O)OCc1ccccc1. The fourth-order valence-electron chi connectivity index (χ4n) is 1.39. The summed E-state index contributed by atoms with van der Waals surface area (Å²) in [5.74, 6) is -0.357. The van der Waals surface area contributed by atoms with E-state index in [1.165, 1.54) is 0 Å². The van der Waals surface area contributed by atoms with Gasteiger partial charge in [0, 0.05) is 6.54 Å². The van der Waals surface area contributed by atoms with E-state index in [4.69, 9.17) is 9.47 Å². The van der Waals surface area contributed by atoms with Gasteiger partial charge < -0.3 is 14.8 Å². The van der Waals surface area contributed by atoms with Crippen molar-refractivity contribution in [1.29, 1.82) is 0 Å². The van der Waals surface area contributed by atoms with Gasteiger partial charge in [0.1, 0.15) is 12.2 Å². The van der Waals surface area contributed by atoms with Crippen LogP contribution in [0.1, 0.15) is 32.8 Å². The van der Waals surface area contributed by atoms with Crippen LogP contribution < -0.4 is 5.32 Å². The Balaban J connectivity index is 2.16. The number of amides is 1. The summed E-state index contributed by atoms with van der Waals surface area (Å²) in [6.45, 7) is 5.77. The molecule has 1 aromatic rings. The van der Waals surface area contributed by atoms with Gasteiger partial charge in [0.15, 0.2) is 0 Å². The number of benzene rings is 1. The van der Waals surface area contributed by atoms with Crippen LogP contribution in [0.2, 0.25) is 0 Å². The summed E-state index contributed by atoms with van der Waals surface area (Å²) in [4.78, 5) is 22.8. The second kappa shape index (κ2) is 7.53. The second-order valence-corrected chi connectivity index (χ2v) is 5.32. The van der Waals surface area contributed by atoms with Crippen molar-refractivity contribution in [1.82, 2.24) is 5.32 Å². The van der Waals surface area contributed by atoms with Gasteiger partial charge in [-0.1, -0.05) is 30.3 Å². The van der Waals surface area contributed by atoms with Crippen molar-refractivity contribution in [2.45, 2.75) is 39.4 Å². The van der Waals surface area contributed by atoms with Gasteiger partial charge in [0.25, 0.3) is 0 Å². The van der Waals surface area contributed by atoms with Crippen molar-refractivity contribution >= 4 is 12.1 Å². The normalized spacial score (nSPS) is 10.8. The van der Waals surface area contributed by atoms with Gasteiger partial charge in [-0.15, -0.1) is 0 Å². The minimum absolute atomic E-state index is 0.117. The topological polar surface area (TPSA) is 64.6 Å². The third-order valence-corrected chi connectivity index (χ3v) is 2.24. The molecule has 0 aromatic heterocycles. The Kier molecular flexibility index (Phi) is 6.03. The van der Waals surface area contributed by atoms with Crippen molar-refractivity contribution < 1.29 is 19.1 Å². The lowest BCUT2D eigenvalue weighted by molar-refractivity contribution is -0.144. The number of esters is 1. The molecule has 0 fully saturated rings. The summed E-state index contributed by atoms with van der Waals surface area (Å²) in [5, 5.41) is 2.51. The number of hydrogen-bond donors (Lipinski definition) is 1. The maximum absolute atomic E-state index is 11.5. The summed E-state index contributed by atoms with van der Waals surface area (Å²) >= 11 is 0. The van der Waals surface area contributed by atoms with Crippen LogP contribution in [0, 0.1) is 0 Å². The van der Waals surface area contributed by atoms with Gasteiger partial charge in [0.2, 0.25) is 0 Å². The average Bonchev–Trinajstić information content (AvgIpc) is 2.35. The number of carbonyl (C=O) groups excluding carboxylic acids is 2. The highest BCUT2D eigenvalue weighted by Crippen LogP contribution is 2.06. The van der Waals surface area contributed by atoms with Crippen LogP contribution in [0.3, 0.4) is 0 Å². The first kappa shape index (κ1) is 16.0. The Morgan fingerprint density at radius 3 is 2.40 bits per heavy atom. The predicted molar refractivity (Wildman–Crippen MR) is 75.1 cm³/mol. The first-order valence-electron chi connectivity index (χ1n) is 6.53. The van der Waals surface area contributed by atoms with Gasteiger partial charge in [0.05, 0.1) is 6.42 Å². The van der Waals surface area contributed by atoms with Crippen LogP contribution in [0.15, 0.2) is 30.3 Å². The molecule has 5 heteroatoms. The quantitative estimate of drug-likeness (QED) is 0.842. The molecule has 20 heavy (non-hydrogen) atoms. The number of ether oxygens (including phenoxy) is 2. The number of hydrogen-bond acceptors (Lipinski definition) is 4. The van der Waals surface area contributed by atoms with Gasteiger partial charge in [-0.05, 0) is 26.3 Å². The highest BCUT2D eigenvalue weighted by molar-refractivity contribution is 5.72. The third kappa shape index (κ3) is 7.41. The van der Waals surface area contributed by atoms with Gasteiger partial charge >= 0.3 is 12.1 Å². The highest BCUT2D eigenvalue weighted by Gasteiger charge is 2.15. The van der Waals surface area contributed by atoms with Crippen LogP contribution in [-0.4, -0.2) is 24.2 Å². The molecule has 0 spiro atoms. The molecule has 1 rings (SSSR count). The summed E-state index contributed by atoms with van der Waals surface area (Å²) in [7, 11) is 0. The predicted octanol–water partition coefficient (Wildman–Crippen LogP) is 2.64. The molecule has 110 valence electrons. The zero-order valence-corrected chi connectivity index (χ0v) is 12.1. The van der Waals surface area contributed by atoms with E-state index in [0.29, 0.717) is 0 Å². The zero-order valence-electron chi connectivity index (χ0n) is 12.1. The minimum atomic E-state index is -0.544. The first-order valence-corrected chi connectivity index (χ1v) is 6.53. The van der Waals surface area contributed by atoms with E-state index in [2.05, 4.69) is 5.32 Å². The van der Waals surface area contributed by atoms with Crippen LogP contribution in [0.4, 0.5) is 4.79 Å². The monoisotopic (exact) mass is 279 g/mol. The lowest BCUT2D eigenvalue weighted by Crippen LogP contribution is -2.33.